The van der Waals surface area contributed by atoms with E-state index in [9.17, 15) is 4.79 Å². The van der Waals surface area contributed by atoms with Gasteiger partial charge in [-0.3, -0.25) is 4.79 Å². The summed E-state index contributed by atoms with van der Waals surface area (Å²) in [6, 6.07) is 7.93. The second-order valence-electron chi connectivity index (χ2n) is 2.86. The van der Waals surface area contributed by atoms with Crippen molar-refractivity contribution in [2.75, 3.05) is 11.1 Å². The third-order valence-electron chi connectivity index (χ3n) is 1.77. The number of hydrogen-bond acceptors (Lipinski definition) is 2. The highest BCUT2D eigenvalue weighted by molar-refractivity contribution is 7.99. The highest BCUT2D eigenvalue weighted by atomic mass is 32.2. The average Bonchev–Trinajstić information content (AvgIpc) is 2.21. The summed E-state index contributed by atoms with van der Waals surface area (Å²) >= 11 is 1.80. The lowest BCUT2D eigenvalue weighted by atomic mass is 10.3. The average molecular weight is 209 g/mol. The van der Waals surface area contributed by atoms with Gasteiger partial charge in [-0.15, -0.1) is 11.8 Å². The van der Waals surface area contributed by atoms with E-state index in [0.29, 0.717) is 6.42 Å². The molecular formula is C11H15NOS. The maximum absolute atomic E-state index is 11.1. The summed E-state index contributed by atoms with van der Waals surface area (Å²) in [5, 5.41) is 2.81. The molecule has 1 N–H and O–H groups in total. The van der Waals surface area contributed by atoms with Gasteiger partial charge in [0, 0.05) is 17.0 Å². The van der Waals surface area contributed by atoms with Crippen LogP contribution in [0.5, 0.6) is 0 Å². The van der Waals surface area contributed by atoms with E-state index in [-0.39, 0.29) is 5.91 Å². The standard InChI is InChI=1S/C11H15NOS/c1-3-11(13)12-9-5-7-10(8-6-9)14-4-2/h5-8H,3-4H2,1-2H3,(H,12,13). The molecule has 0 bridgehead atoms. The zero-order chi connectivity index (χ0) is 10.4. The first-order valence-corrected chi connectivity index (χ1v) is 5.77. The molecule has 3 heteroatoms. The molecule has 0 aromatic heterocycles. The van der Waals surface area contributed by atoms with Gasteiger partial charge in [0.05, 0.1) is 0 Å². The van der Waals surface area contributed by atoms with Gasteiger partial charge in [-0.05, 0) is 30.0 Å². The van der Waals surface area contributed by atoms with Crippen molar-refractivity contribution in [2.24, 2.45) is 0 Å². The second kappa shape index (κ2) is 5.70. The van der Waals surface area contributed by atoms with Crippen LogP contribution in [-0.2, 0) is 4.79 Å². The molecule has 0 saturated heterocycles. The summed E-state index contributed by atoms with van der Waals surface area (Å²) < 4.78 is 0. The van der Waals surface area contributed by atoms with Gasteiger partial charge in [-0.2, -0.15) is 0 Å². The summed E-state index contributed by atoms with van der Waals surface area (Å²) in [4.78, 5) is 12.3. The Kier molecular flexibility index (Phi) is 4.53. The fraction of sp³-hybridized carbons (Fsp3) is 0.364. The summed E-state index contributed by atoms with van der Waals surface area (Å²) in [6.45, 7) is 3.97. The van der Waals surface area contributed by atoms with Crippen LogP contribution < -0.4 is 5.32 Å². The van der Waals surface area contributed by atoms with Crippen molar-refractivity contribution in [3.05, 3.63) is 24.3 Å². The van der Waals surface area contributed by atoms with Crippen molar-refractivity contribution in [2.45, 2.75) is 25.2 Å². The molecule has 0 aliphatic rings. The molecule has 2 nitrogen and oxygen atoms in total. The molecule has 0 aliphatic carbocycles. The van der Waals surface area contributed by atoms with Gasteiger partial charge >= 0.3 is 0 Å². The number of benzene rings is 1. The van der Waals surface area contributed by atoms with Gasteiger partial charge in [-0.25, -0.2) is 0 Å². The molecule has 1 aromatic carbocycles. The van der Waals surface area contributed by atoms with Crippen LogP contribution in [0.15, 0.2) is 29.2 Å². The summed E-state index contributed by atoms with van der Waals surface area (Å²) in [7, 11) is 0. The molecule has 0 fully saturated rings. The molecule has 0 aliphatic heterocycles. The molecule has 1 aromatic rings. The fourth-order valence-corrected chi connectivity index (χ4v) is 1.71. The number of hydrogen-bond donors (Lipinski definition) is 1. The Morgan fingerprint density at radius 1 is 1.29 bits per heavy atom. The number of amides is 1. The van der Waals surface area contributed by atoms with E-state index in [1.54, 1.807) is 11.8 Å². The van der Waals surface area contributed by atoms with Crippen LogP contribution in [0, 0.1) is 0 Å². The van der Waals surface area contributed by atoms with Crippen LogP contribution in [0.3, 0.4) is 0 Å². The molecule has 1 rings (SSSR count). The Labute approximate surface area is 89.1 Å². The Morgan fingerprint density at radius 3 is 2.43 bits per heavy atom. The second-order valence-corrected chi connectivity index (χ2v) is 4.20. The Balaban J connectivity index is 2.59. The highest BCUT2D eigenvalue weighted by Crippen LogP contribution is 2.19. The van der Waals surface area contributed by atoms with Crippen molar-refractivity contribution in [3.63, 3.8) is 0 Å². The topological polar surface area (TPSA) is 29.1 Å². The number of nitrogens with one attached hydrogen (secondary N) is 1. The summed E-state index contributed by atoms with van der Waals surface area (Å²) in [6.07, 6.45) is 0.519. The van der Waals surface area contributed by atoms with Crippen LogP contribution in [0.1, 0.15) is 20.3 Å². The van der Waals surface area contributed by atoms with Crippen molar-refractivity contribution < 1.29 is 4.79 Å². The van der Waals surface area contributed by atoms with Crippen molar-refractivity contribution in [1.82, 2.24) is 0 Å². The van der Waals surface area contributed by atoms with Gasteiger partial charge in [0.2, 0.25) is 5.91 Å². The predicted molar refractivity (Wildman–Crippen MR) is 61.8 cm³/mol. The molecule has 0 radical (unpaired) electrons. The van der Waals surface area contributed by atoms with Crippen LogP contribution in [-0.4, -0.2) is 11.7 Å². The number of carbonyl (C=O) groups is 1. The lowest BCUT2D eigenvalue weighted by molar-refractivity contribution is -0.115. The van der Waals surface area contributed by atoms with Crippen LogP contribution in [0.2, 0.25) is 0 Å². The van der Waals surface area contributed by atoms with Crippen LogP contribution in [0.4, 0.5) is 5.69 Å². The van der Waals surface area contributed by atoms with E-state index in [1.165, 1.54) is 4.90 Å². The lowest BCUT2D eigenvalue weighted by Gasteiger charge is -2.04. The van der Waals surface area contributed by atoms with Crippen molar-refractivity contribution in [1.29, 1.82) is 0 Å². The van der Waals surface area contributed by atoms with Crippen LogP contribution in [0.25, 0.3) is 0 Å². The Bertz CT molecular complexity index is 295. The first-order valence-electron chi connectivity index (χ1n) is 4.79. The first-order chi connectivity index (χ1) is 6.76. The zero-order valence-electron chi connectivity index (χ0n) is 8.54. The minimum absolute atomic E-state index is 0.0564. The molecule has 0 unspecified atom stereocenters. The Morgan fingerprint density at radius 2 is 1.93 bits per heavy atom. The van der Waals surface area contributed by atoms with E-state index >= 15 is 0 Å². The molecule has 1 amide bonds. The summed E-state index contributed by atoms with van der Waals surface area (Å²) in [5.74, 6) is 1.13. The van der Waals surface area contributed by atoms with Gasteiger partial charge in [0.15, 0.2) is 0 Å². The number of rotatable bonds is 4. The van der Waals surface area contributed by atoms with Gasteiger partial charge in [0.1, 0.15) is 0 Å². The molecule has 0 heterocycles. The van der Waals surface area contributed by atoms with Crippen LogP contribution >= 0.6 is 11.8 Å². The van der Waals surface area contributed by atoms with E-state index in [2.05, 4.69) is 12.2 Å². The van der Waals surface area contributed by atoms with E-state index in [0.717, 1.165) is 11.4 Å². The number of anilines is 1. The Hall–Kier alpha value is -0.960. The maximum Gasteiger partial charge on any atom is 0.224 e. The molecule has 0 saturated carbocycles. The minimum atomic E-state index is 0.0564. The molecule has 0 spiro atoms. The predicted octanol–water partition coefficient (Wildman–Crippen LogP) is 3.15. The van der Waals surface area contributed by atoms with E-state index in [1.807, 2.05) is 31.2 Å². The molecule has 0 atom stereocenters. The largest absolute Gasteiger partial charge is 0.326 e. The fourth-order valence-electron chi connectivity index (χ4n) is 1.05. The van der Waals surface area contributed by atoms with Crippen molar-refractivity contribution >= 4 is 23.4 Å². The quantitative estimate of drug-likeness (QED) is 0.772. The highest BCUT2D eigenvalue weighted by Gasteiger charge is 1.98. The number of carbonyl (C=O) groups excluding carboxylic acids is 1. The minimum Gasteiger partial charge on any atom is -0.326 e. The summed E-state index contributed by atoms with van der Waals surface area (Å²) in [5.41, 5.74) is 0.873. The molecular weight excluding hydrogens is 194 g/mol. The van der Waals surface area contributed by atoms with E-state index in [4.69, 9.17) is 0 Å². The number of thioether (sulfide) groups is 1. The van der Waals surface area contributed by atoms with Gasteiger partial charge in [-0.1, -0.05) is 13.8 Å². The van der Waals surface area contributed by atoms with Gasteiger partial charge in [0.25, 0.3) is 0 Å². The van der Waals surface area contributed by atoms with E-state index < -0.39 is 0 Å². The lowest BCUT2D eigenvalue weighted by Crippen LogP contribution is -2.08. The normalized spacial score (nSPS) is 9.86. The van der Waals surface area contributed by atoms with Crippen molar-refractivity contribution in [3.8, 4) is 0 Å². The monoisotopic (exact) mass is 209 g/mol. The third-order valence-corrected chi connectivity index (χ3v) is 2.66. The SMILES string of the molecule is CCSc1ccc(NC(=O)CC)cc1. The zero-order valence-corrected chi connectivity index (χ0v) is 9.36. The maximum atomic E-state index is 11.1. The van der Waals surface area contributed by atoms with Gasteiger partial charge < -0.3 is 5.32 Å². The first kappa shape index (κ1) is 11.1. The smallest absolute Gasteiger partial charge is 0.224 e. The third kappa shape index (κ3) is 3.42. The molecule has 76 valence electrons. The molecule has 14 heavy (non-hydrogen) atoms.